The van der Waals surface area contributed by atoms with Gasteiger partial charge in [-0.05, 0) is 50.3 Å². The molecule has 0 fully saturated rings. The van der Waals surface area contributed by atoms with Gasteiger partial charge in [0.2, 0.25) is 11.8 Å². The van der Waals surface area contributed by atoms with Crippen molar-refractivity contribution >= 4 is 52.4 Å². The normalized spacial score (nSPS) is 12.6. The number of alkyl carbamates (subject to hydrolysis) is 1. The van der Waals surface area contributed by atoms with E-state index in [2.05, 4.69) is 35.5 Å². The highest BCUT2D eigenvalue weighted by Gasteiger charge is 2.29. The first-order valence-corrected chi connectivity index (χ1v) is 16.3. The molecule has 48 heavy (non-hydrogen) atoms. The Balaban J connectivity index is 2.66. The molecule has 0 bridgehead atoms. The van der Waals surface area contributed by atoms with Gasteiger partial charge in [0, 0.05) is 18.8 Å². The first-order valence-electron chi connectivity index (χ1n) is 15.3. The number of nitrogens with one attached hydrogen (secondary N) is 6. The van der Waals surface area contributed by atoms with Gasteiger partial charge in [0.15, 0.2) is 1.37 Å². The number of benzene rings is 1. The largest absolute Gasteiger partial charge is 0.463 e. The summed E-state index contributed by atoms with van der Waals surface area (Å²) in [6.07, 6.45) is -3.42. The zero-order valence-electron chi connectivity index (χ0n) is 28.2. The Hall–Kier alpha value is -4.69. The molecule has 270 valence electrons. The minimum absolute atomic E-state index is 0.0935. The Morgan fingerprint density at radius 2 is 1.62 bits per heavy atom. The standard InChI is InChI=1S/C28H45N7O12S/c1-18(2)23(34-27(40)46-15-14-44-13-12-31-48(42,43)35-28(41)47-19(3)4)25(38)33-22(6-5-11-30-26(29)39)24(37)32-21-9-7-20(8-10-21)16-45-17-36/h7-10,17-19,22-23,31H,5-6,11-16H2,1-4H3,(H,32,37)(H,33,38)(H,34,40)(H,35,41)(H3,29,30,39)/t22-,23-/m0/s1/i17D. The SMILES string of the molecule is [2H]C(=O)OCc1ccc(NC(=O)[C@H](CCCNC(N)=O)NC(=O)[C@@H](NC(=O)OCCOCCNS(=O)(=O)NC(=O)OC(C)C)C(C)C)cc1. The molecule has 1 rings (SSSR count). The summed E-state index contributed by atoms with van der Waals surface area (Å²) in [7, 11) is -4.16. The molecule has 0 unspecified atom stereocenters. The fourth-order valence-corrected chi connectivity index (χ4v) is 4.40. The number of rotatable bonds is 21. The van der Waals surface area contributed by atoms with E-state index >= 15 is 0 Å². The maximum atomic E-state index is 13.2. The van der Waals surface area contributed by atoms with Crippen molar-refractivity contribution in [2.45, 2.75) is 65.3 Å². The molecule has 0 heterocycles. The van der Waals surface area contributed by atoms with Gasteiger partial charge in [0.25, 0.3) is 6.45 Å². The lowest BCUT2D eigenvalue weighted by molar-refractivity contribution is -0.129. The number of carbonyl (C=O) groups excluding carboxylic acids is 6. The first kappa shape index (κ1) is 39.5. The molecule has 0 radical (unpaired) electrons. The van der Waals surface area contributed by atoms with Gasteiger partial charge in [0.05, 0.1) is 19.3 Å². The van der Waals surface area contributed by atoms with Crippen molar-refractivity contribution in [3.05, 3.63) is 29.8 Å². The van der Waals surface area contributed by atoms with E-state index in [-0.39, 0.29) is 52.4 Å². The van der Waals surface area contributed by atoms with Crippen LogP contribution in [0.4, 0.5) is 20.1 Å². The maximum Gasteiger partial charge on any atom is 0.422 e. The summed E-state index contributed by atoms with van der Waals surface area (Å²) in [5.74, 6) is -1.71. The molecule has 1 aromatic rings. The molecule has 6 amide bonds. The van der Waals surface area contributed by atoms with Gasteiger partial charge in [-0.2, -0.15) is 13.1 Å². The predicted molar refractivity (Wildman–Crippen MR) is 170 cm³/mol. The zero-order chi connectivity index (χ0) is 37.0. The molecule has 0 saturated carbocycles. The molecule has 0 spiro atoms. The second-order valence-corrected chi connectivity index (χ2v) is 12.1. The average molecular weight is 705 g/mol. The summed E-state index contributed by atoms with van der Waals surface area (Å²) in [5, 5.41) is 10.1. The number of ether oxygens (including phenoxy) is 4. The number of hydrogen-bond acceptors (Lipinski definition) is 12. The summed E-state index contributed by atoms with van der Waals surface area (Å²) in [4.78, 5) is 72.0. The molecule has 0 aliphatic heterocycles. The lowest BCUT2D eigenvalue weighted by Crippen LogP contribution is -2.54. The second kappa shape index (κ2) is 22.0. The van der Waals surface area contributed by atoms with Crippen molar-refractivity contribution in [3.8, 4) is 0 Å². The minimum atomic E-state index is -4.16. The van der Waals surface area contributed by atoms with E-state index < -0.39 is 70.8 Å². The first-order chi connectivity index (χ1) is 23.0. The Kier molecular flexibility index (Phi) is 18.1. The third kappa shape index (κ3) is 18.5. The van der Waals surface area contributed by atoms with Crippen LogP contribution in [0.3, 0.4) is 0 Å². The summed E-state index contributed by atoms with van der Waals surface area (Å²) >= 11 is 0. The summed E-state index contributed by atoms with van der Waals surface area (Å²) in [5.41, 5.74) is 6.03. The van der Waals surface area contributed by atoms with E-state index in [1.165, 1.54) is 0 Å². The fourth-order valence-electron chi connectivity index (χ4n) is 3.71. The molecule has 0 aliphatic carbocycles. The van der Waals surface area contributed by atoms with Crippen LogP contribution < -0.4 is 36.4 Å². The zero-order valence-corrected chi connectivity index (χ0v) is 28.0. The highest BCUT2D eigenvalue weighted by molar-refractivity contribution is 7.88. The maximum absolute atomic E-state index is 13.2. The lowest BCUT2D eigenvalue weighted by Gasteiger charge is -2.25. The van der Waals surface area contributed by atoms with Gasteiger partial charge < -0.3 is 45.9 Å². The summed E-state index contributed by atoms with van der Waals surface area (Å²) < 4.78 is 53.7. The Morgan fingerprint density at radius 3 is 2.23 bits per heavy atom. The van der Waals surface area contributed by atoms with Crippen LogP contribution in [0, 0.1) is 5.92 Å². The van der Waals surface area contributed by atoms with E-state index in [0.717, 1.165) is 0 Å². The van der Waals surface area contributed by atoms with E-state index in [9.17, 15) is 37.2 Å². The topological polar surface area (TPSA) is 272 Å². The molecular formula is C28H45N7O12S. The van der Waals surface area contributed by atoms with E-state index in [1.54, 1.807) is 56.7 Å². The van der Waals surface area contributed by atoms with Gasteiger partial charge in [-0.3, -0.25) is 14.4 Å². The highest BCUT2D eigenvalue weighted by Crippen LogP contribution is 2.12. The van der Waals surface area contributed by atoms with Crippen LogP contribution in [0.5, 0.6) is 0 Å². The number of anilines is 1. The summed E-state index contributed by atoms with van der Waals surface area (Å²) in [6, 6.07) is 3.27. The Labute approximate surface area is 280 Å². The quantitative estimate of drug-likeness (QED) is 0.0505. The van der Waals surface area contributed by atoms with E-state index in [0.29, 0.717) is 11.3 Å². The van der Waals surface area contributed by atoms with Crippen LogP contribution in [0.15, 0.2) is 24.3 Å². The fraction of sp³-hybridized carbons (Fsp3) is 0.571. The second-order valence-electron chi connectivity index (χ2n) is 10.6. The van der Waals surface area contributed by atoms with Crippen LogP contribution in [0.25, 0.3) is 0 Å². The summed E-state index contributed by atoms with van der Waals surface area (Å²) in [6.45, 7) is 5.77. The van der Waals surface area contributed by atoms with Crippen LogP contribution in [-0.4, -0.2) is 96.0 Å². The molecule has 0 aliphatic rings. The minimum Gasteiger partial charge on any atom is -0.463 e. The molecular weight excluding hydrogens is 658 g/mol. The van der Waals surface area contributed by atoms with Gasteiger partial charge in [-0.1, -0.05) is 26.0 Å². The molecule has 20 heteroatoms. The number of primary amides is 1. The smallest absolute Gasteiger partial charge is 0.422 e. The van der Waals surface area contributed by atoms with E-state index in [4.69, 9.17) is 16.6 Å². The molecule has 8 N–H and O–H groups in total. The third-order valence-corrected chi connectivity index (χ3v) is 6.92. The Bertz CT molecular complexity index is 1360. The van der Waals surface area contributed by atoms with Gasteiger partial charge >= 0.3 is 28.4 Å². The van der Waals surface area contributed by atoms with Crippen LogP contribution in [0.2, 0.25) is 0 Å². The molecule has 0 saturated heterocycles. The van der Waals surface area contributed by atoms with Crippen LogP contribution in [-0.2, 0) is 50.1 Å². The van der Waals surface area contributed by atoms with Crippen molar-refractivity contribution in [1.82, 2.24) is 25.4 Å². The van der Waals surface area contributed by atoms with Crippen LogP contribution in [0.1, 0.15) is 47.5 Å². The van der Waals surface area contributed by atoms with Gasteiger partial charge in [-0.25, -0.2) is 19.1 Å². The van der Waals surface area contributed by atoms with Gasteiger partial charge in [-0.15, -0.1) is 0 Å². The van der Waals surface area contributed by atoms with Crippen LogP contribution >= 0.6 is 0 Å². The Morgan fingerprint density at radius 1 is 0.938 bits per heavy atom. The predicted octanol–water partition coefficient (Wildman–Crippen LogP) is -0.0322. The molecule has 2 atom stereocenters. The van der Waals surface area contributed by atoms with Crippen molar-refractivity contribution in [3.63, 3.8) is 0 Å². The van der Waals surface area contributed by atoms with Crippen molar-refractivity contribution in [1.29, 1.82) is 0 Å². The van der Waals surface area contributed by atoms with Crippen molar-refractivity contribution in [2.75, 3.05) is 38.2 Å². The molecule has 0 aromatic heterocycles. The lowest BCUT2D eigenvalue weighted by atomic mass is 10.0. The monoisotopic (exact) mass is 704 g/mol. The van der Waals surface area contributed by atoms with E-state index in [1.807, 2.05) is 0 Å². The number of carbonyl (C=O) groups is 6. The average Bonchev–Trinajstić information content (AvgIpc) is 2.99. The highest BCUT2D eigenvalue weighted by atomic mass is 32.2. The number of nitrogens with two attached hydrogens (primary N) is 1. The number of amides is 6. The third-order valence-electron chi connectivity index (χ3n) is 5.90. The van der Waals surface area contributed by atoms with Crippen molar-refractivity contribution < 1.29 is 57.5 Å². The number of urea groups is 1. The molecule has 1 aromatic carbocycles. The van der Waals surface area contributed by atoms with Gasteiger partial charge in [0.1, 0.15) is 25.3 Å². The number of hydrogen-bond donors (Lipinski definition) is 7. The van der Waals surface area contributed by atoms with Crippen molar-refractivity contribution in [2.24, 2.45) is 11.7 Å². The molecule has 19 nitrogen and oxygen atoms in total.